The Morgan fingerprint density at radius 3 is 1.64 bits per heavy atom. The lowest BCUT2D eigenvalue weighted by molar-refractivity contribution is -1.63. The molecular formula is C5H11IN2O3. The van der Waals surface area contributed by atoms with Gasteiger partial charge < -0.3 is 16.7 Å². The molecule has 11 heavy (non-hydrogen) atoms. The molecule has 1 heterocycles. The summed E-state index contributed by atoms with van der Waals surface area (Å²) in [4.78, 5) is 4.25. The van der Waals surface area contributed by atoms with Crippen LogP contribution in [0.25, 0.3) is 0 Å². The average Bonchev–Trinajstić information content (AvgIpc) is 2.13. The van der Waals surface area contributed by atoms with Crippen molar-refractivity contribution in [1.82, 2.24) is 9.80 Å². The van der Waals surface area contributed by atoms with E-state index in [-0.39, 0.29) is 0 Å². The Kier molecular flexibility index (Phi) is 5.56. The van der Waals surface area contributed by atoms with Gasteiger partial charge >= 0.3 is 21.1 Å². The maximum absolute atomic E-state index is 8.68. The van der Waals surface area contributed by atoms with Gasteiger partial charge in [-0.25, -0.2) is 0 Å². The van der Waals surface area contributed by atoms with Crippen LogP contribution in [0.2, 0.25) is 0 Å². The largest absolute Gasteiger partial charge is 0.503 e. The highest BCUT2D eigenvalue weighted by Crippen LogP contribution is 1.97. The van der Waals surface area contributed by atoms with Crippen LogP contribution in [0.4, 0.5) is 0 Å². The van der Waals surface area contributed by atoms with Gasteiger partial charge in [0.1, 0.15) is 0 Å². The summed E-state index contributed by atoms with van der Waals surface area (Å²) in [7, 11) is 4.11. The first-order valence-electron chi connectivity index (χ1n) is 2.85. The Morgan fingerprint density at radius 1 is 1.27 bits per heavy atom. The molecule has 66 valence electrons. The highest BCUT2D eigenvalue weighted by atomic mass is 127. The third kappa shape index (κ3) is 7.85. The summed E-state index contributed by atoms with van der Waals surface area (Å²) in [5.41, 5.74) is 0. The van der Waals surface area contributed by atoms with E-state index in [0.717, 1.165) is 6.67 Å². The lowest BCUT2D eigenvalue weighted by Gasteiger charge is -2.10. The van der Waals surface area contributed by atoms with Gasteiger partial charge in [-0.05, 0) is 3.44 Å². The molecular weight excluding hydrogens is 263 g/mol. The molecule has 6 heteroatoms. The fraction of sp³-hybridized carbons (Fsp3) is 0.600. The van der Waals surface area contributed by atoms with Gasteiger partial charge in [-0.2, -0.15) is 0 Å². The minimum absolute atomic E-state index is 1.03. The van der Waals surface area contributed by atoms with E-state index in [9.17, 15) is 0 Å². The van der Waals surface area contributed by atoms with Gasteiger partial charge in [0.05, 0.1) is 6.67 Å². The Morgan fingerprint density at radius 2 is 1.55 bits per heavy atom. The van der Waals surface area contributed by atoms with E-state index in [0.29, 0.717) is 0 Å². The minimum Gasteiger partial charge on any atom is -0.396 e. The summed E-state index contributed by atoms with van der Waals surface area (Å²) < 4.78 is 24.5. The molecule has 0 spiro atoms. The van der Waals surface area contributed by atoms with Gasteiger partial charge in [-0.1, -0.05) is 0 Å². The molecule has 0 fully saturated rings. The smallest absolute Gasteiger partial charge is 0.396 e. The highest BCUT2D eigenvalue weighted by molar-refractivity contribution is 4.85. The zero-order chi connectivity index (χ0) is 8.85. The van der Waals surface area contributed by atoms with Crippen LogP contribution in [0.15, 0.2) is 12.4 Å². The maximum Gasteiger partial charge on any atom is 0.503 e. The molecule has 1 rings (SSSR count). The second kappa shape index (κ2) is 5.58. The normalized spacial score (nSPS) is 15.5. The van der Waals surface area contributed by atoms with Crippen molar-refractivity contribution in [3.8, 4) is 0 Å². The van der Waals surface area contributed by atoms with Crippen molar-refractivity contribution in [2.75, 3.05) is 20.8 Å². The Bertz CT molecular complexity index is 118. The molecule has 0 atom stereocenters. The summed E-state index contributed by atoms with van der Waals surface area (Å²) in [6.07, 6.45) is 4.11. The number of nitrogens with zero attached hydrogens (tertiary/aromatic N) is 2. The van der Waals surface area contributed by atoms with E-state index in [2.05, 4.69) is 36.3 Å². The molecule has 0 aromatic rings. The van der Waals surface area contributed by atoms with E-state index in [1.54, 1.807) is 0 Å². The van der Waals surface area contributed by atoms with Crippen LogP contribution in [-0.4, -0.2) is 34.0 Å². The molecule has 5 nitrogen and oxygen atoms in total. The minimum atomic E-state index is -3.76. The summed E-state index contributed by atoms with van der Waals surface area (Å²) in [5.74, 6) is 0. The van der Waals surface area contributed by atoms with Gasteiger partial charge in [-0.3, -0.25) is 0 Å². The number of hydrogen-bond donors (Lipinski definition) is 1. The monoisotopic (exact) mass is 274 g/mol. The first-order valence-corrected chi connectivity index (χ1v) is 5.58. The predicted octanol–water partition coefficient (Wildman–Crippen LogP) is -5.64. The molecule has 0 radical (unpaired) electrons. The van der Waals surface area contributed by atoms with Crippen molar-refractivity contribution >= 4 is 0 Å². The molecule has 0 unspecified atom stereocenters. The summed E-state index contributed by atoms with van der Waals surface area (Å²) in [5, 5.41) is 0. The zero-order valence-electron chi connectivity index (χ0n) is 6.40. The molecule has 0 bridgehead atoms. The summed E-state index contributed by atoms with van der Waals surface area (Å²) in [6.45, 7) is 1.03. The topological polar surface area (TPSA) is 72.8 Å². The molecule has 0 aromatic heterocycles. The van der Waals surface area contributed by atoms with Crippen molar-refractivity contribution < 1.29 is 31.4 Å². The van der Waals surface area contributed by atoms with Crippen molar-refractivity contribution in [3.63, 3.8) is 0 Å². The third-order valence-electron chi connectivity index (χ3n) is 1.02. The van der Waals surface area contributed by atoms with Crippen molar-refractivity contribution in [3.05, 3.63) is 12.4 Å². The number of rotatable bonds is 0. The molecule has 1 aliphatic rings. The standard InChI is InChI=1S/C5H10N2.HIO3/c1-6-3-4-7(2)5-6;2-1(3)4/h3-4H,5H2,1-2H3;2H. The predicted molar refractivity (Wildman–Crippen MR) is 31.8 cm³/mol. The number of halogens is 1. The van der Waals surface area contributed by atoms with Crippen molar-refractivity contribution in [1.29, 1.82) is 0 Å². The van der Waals surface area contributed by atoms with Crippen LogP contribution in [-0.2, 0) is 0 Å². The highest BCUT2D eigenvalue weighted by Gasteiger charge is 1.99. The van der Waals surface area contributed by atoms with Gasteiger partial charge in [-0.15, -0.1) is 0 Å². The van der Waals surface area contributed by atoms with E-state index in [4.69, 9.17) is 10.3 Å². The molecule has 0 saturated carbocycles. The fourth-order valence-corrected chi connectivity index (χ4v) is 0.674. The van der Waals surface area contributed by atoms with Crippen LogP contribution in [0.3, 0.4) is 0 Å². The fourth-order valence-electron chi connectivity index (χ4n) is 0.674. The summed E-state index contributed by atoms with van der Waals surface area (Å²) in [6, 6.07) is 0. The molecule has 1 aliphatic heterocycles. The third-order valence-corrected chi connectivity index (χ3v) is 1.02. The van der Waals surface area contributed by atoms with Crippen LogP contribution in [0, 0.1) is 0 Å². The first kappa shape index (κ1) is 11.0. The Hall–Kier alpha value is -0.0500. The second-order valence-electron chi connectivity index (χ2n) is 2.15. The van der Waals surface area contributed by atoms with Crippen LogP contribution >= 0.6 is 0 Å². The molecule has 0 aromatic carbocycles. The molecule has 0 aliphatic carbocycles. The SMILES string of the molecule is CN1C=CN(C)C1.[O-][I+2]([O-])O. The molecule has 0 amide bonds. The van der Waals surface area contributed by atoms with Gasteiger partial charge in [0.2, 0.25) is 0 Å². The number of hydrogen-bond acceptors (Lipinski definition) is 5. The zero-order valence-corrected chi connectivity index (χ0v) is 8.56. The van der Waals surface area contributed by atoms with Gasteiger partial charge in [0.15, 0.2) is 0 Å². The Labute approximate surface area is 74.6 Å². The van der Waals surface area contributed by atoms with E-state index in [1.165, 1.54) is 0 Å². The van der Waals surface area contributed by atoms with E-state index in [1.807, 2.05) is 0 Å². The molecule has 1 N–H and O–H groups in total. The Balaban J connectivity index is 0.000000218. The van der Waals surface area contributed by atoms with E-state index < -0.39 is 21.1 Å². The molecule has 0 saturated heterocycles. The first-order chi connectivity index (χ1) is 5.02. The van der Waals surface area contributed by atoms with Crippen LogP contribution in [0.1, 0.15) is 0 Å². The lowest BCUT2D eigenvalue weighted by atomic mass is 10.9. The maximum atomic E-state index is 8.68. The quantitative estimate of drug-likeness (QED) is 0.446. The van der Waals surface area contributed by atoms with Crippen LogP contribution in [0.5, 0.6) is 0 Å². The van der Waals surface area contributed by atoms with Crippen molar-refractivity contribution in [2.45, 2.75) is 0 Å². The second-order valence-corrected chi connectivity index (χ2v) is 3.30. The van der Waals surface area contributed by atoms with Gasteiger partial charge in [0.25, 0.3) is 0 Å². The average molecular weight is 274 g/mol. The summed E-state index contributed by atoms with van der Waals surface area (Å²) >= 11 is -3.76. The lowest BCUT2D eigenvalue weighted by Crippen LogP contribution is -3.98. The van der Waals surface area contributed by atoms with Crippen LogP contribution < -0.4 is 27.9 Å². The van der Waals surface area contributed by atoms with Crippen molar-refractivity contribution in [2.24, 2.45) is 0 Å². The van der Waals surface area contributed by atoms with Gasteiger partial charge in [0, 0.05) is 26.5 Å². The van der Waals surface area contributed by atoms with E-state index >= 15 is 0 Å².